The van der Waals surface area contributed by atoms with E-state index in [0.29, 0.717) is 0 Å². The lowest BCUT2D eigenvalue weighted by molar-refractivity contribution is 1.25. The molecule has 0 saturated carbocycles. The molecule has 24 heavy (non-hydrogen) atoms. The molecule has 0 aliphatic heterocycles. The molecule has 2 aliphatic rings. The zero-order valence-electron chi connectivity index (χ0n) is 13.3. The Bertz CT molecular complexity index is 1150. The Morgan fingerprint density at radius 1 is 0.458 bits per heavy atom. The van der Waals surface area contributed by atoms with Crippen molar-refractivity contribution in [2.45, 2.75) is 12.8 Å². The molecule has 0 aromatic heterocycles. The molecule has 4 aromatic carbocycles. The zero-order chi connectivity index (χ0) is 15.7. The van der Waals surface area contributed by atoms with Gasteiger partial charge in [-0.2, -0.15) is 0 Å². The molecule has 4 aromatic rings. The molecule has 0 heteroatoms. The van der Waals surface area contributed by atoms with Crippen LogP contribution in [0.5, 0.6) is 0 Å². The topological polar surface area (TPSA) is 0 Å². The van der Waals surface area contributed by atoms with Crippen LogP contribution in [0.2, 0.25) is 0 Å². The number of hydrogen-bond donors (Lipinski definition) is 0. The van der Waals surface area contributed by atoms with E-state index in [4.69, 9.17) is 0 Å². The van der Waals surface area contributed by atoms with Crippen molar-refractivity contribution in [2.24, 2.45) is 0 Å². The summed E-state index contributed by atoms with van der Waals surface area (Å²) in [5.41, 5.74) is 11.9. The number of rotatable bonds is 0. The van der Waals surface area contributed by atoms with Crippen molar-refractivity contribution in [1.82, 2.24) is 0 Å². The maximum atomic E-state index is 2.31. The molecule has 0 N–H and O–H groups in total. The fourth-order valence-electron chi connectivity index (χ4n) is 4.78. The van der Waals surface area contributed by atoms with Crippen LogP contribution in [0.25, 0.3) is 33.0 Å². The molecule has 0 unspecified atom stereocenters. The normalized spacial score (nSPS) is 13.5. The fraction of sp³-hybridized carbons (Fsp3) is 0.0833. The highest BCUT2D eigenvalue weighted by molar-refractivity contribution is 6.08. The zero-order valence-corrected chi connectivity index (χ0v) is 13.3. The third kappa shape index (κ3) is 1.44. The minimum Gasteiger partial charge on any atom is -0.0619 e. The van der Waals surface area contributed by atoms with E-state index in [2.05, 4.69) is 72.8 Å². The van der Waals surface area contributed by atoms with Gasteiger partial charge in [0.05, 0.1) is 0 Å². The van der Waals surface area contributed by atoms with E-state index >= 15 is 0 Å². The maximum absolute atomic E-state index is 2.31. The van der Waals surface area contributed by atoms with Crippen LogP contribution in [0.4, 0.5) is 0 Å². The van der Waals surface area contributed by atoms with Crippen molar-refractivity contribution in [2.75, 3.05) is 0 Å². The lowest BCUT2D eigenvalue weighted by Crippen LogP contribution is -1.92. The van der Waals surface area contributed by atoms with Gasteiger partial charge in [0.2, 0.25) is 0 Å². The molecule has 6 rings (SSSR count). The second-order valence-corrected chi connectivity index (χ2v) is 6.92. The smallest absolute Gasteiger partial charge is 0.000695 e. The fourth-order valence-corrected chi connectivity index (χ4v) is 4.78. The second-order valence-electron chi connectivity index (χ2n) is 6.92. The quantitative estimate of drug-likeness (QED) is 0.324. The first-order valence-electron chi connectivity index (χ1n) is 8.65. The first kappa shape index (κ1) is 12.5. The van der Waals surface area contributed by atoms with Crippen LogP contribution in [0.15, 0.2) is 72.8 Å². The highest BCUT2D eigenvalue weighted by atomic mass is 14.3. The van der Waals surface area contributed by atoms with Crippen molar-refractivity contribution in [1.29, 1.82) is 0 Å². The summed E-state index contributed by atoms with van der Waals surface area (Å²) in [4.78, 5) is 0. The van der Waals surface area contributed by atoms with E-state index in [0.717, 1.165) is 12.8 Å². The summed E-state index contributed by atoms with van der Waals surface area (Å²) in [5, 5.41) is 2.85. The van der Waals surface area contributed by atoms with Gasteiger partial charge in [0.15, 0.2) is 0 Å². The van der Waals surface area contributed by atoms with E-state index in [-0.39, 0.29) is 0 Å². The van der Waals surface area contributed by atoms with Crippen molar-refractivity contribution < 1.29 is 0 Å². The van der Waals surface area contributed by atoms with E-state index in [9.17, 15) is 0 Å². The van der Waals surface area contributed by atoms with E-state index in [1.165, 1.54) is 55.3 Å². The van der Waals surface area contributed by atoms with Crippen molar-refractivity contribution in [3.63, 3.8) is 0 Å². The van der Waals surface area contributed by atoms with Crippen LogP contribution in [0.1, 0.15) is 22.3 Å². The Kier molecular flexibility index (Phi) is 2.28. The molecule has 0 atom stereocenters. The number of hydrogen-bond acceptors (Lipinski definition) is 0. The number of fused-ring (bicyclic) bond motifs is 10. The minimum atomic E-state index is 1.06. The van der Waals surface area contributed by atoms with Crippen molar-refractivity contribution in [3.8, 4) is 22.3 Å². The van der Waals surface area contributed by atoms with Gasteiger partial charge in [-0.3, -0.25) is 0 Å². The van der Waals surface area contributed by atoms with E-state index in [1.54, 1.807) is 0 Å². The van der Waals surface area contributed by atoms with E-state index < -0.39 is 0 Å². The molecule has 0 spiro atoms. The van der Waals surface area contributed by atoms with Gasteiger partial charge in [0.25, 0.3) is 0 Å². The first-order chi connectivity index (χ1) is 11.9. The van der Waals surface area contributed by atoms with Crippen LogP contribution in [0.3, 0.4) is 0 Å². The van der Waals surface area contributed by atoms with E-state index in [1.807, 2.05) is 0 Å². The summed E-state index contributed by atoms with van der Waals surface area (Å²) < 4.78 is 0. The Labute approximate surface area is 141 Å². The lowest BCUT2D eigenvalue weighted by atomic mass is 9.89. The predicted octanol–water partition coefficient (Wildman–Crippen LogP) is 5.98. The molecular formula is C24H16. The Hall–Kier alpha value is -2.86. The molecule has 0 amide bonds. The molecular weight excluding hydrogens is 288 g/mol. The summed E-state index contributed by atoms with van der Waals surface area (Å²) in [6, 6.07) is 26.8. The molecule has 0 radical (unpaired) electrons. The average Bonchev–Trinajstić information content (AvgIpc) is 3.20. The van der Waals surface area contributed by atoms with Crippen LogP contribution >= 0.6 is 0 Å². The maximum Gasteiger partial charge on any atom is -0.000695 e. The average molecular weight is 304 g/mol. The van der Waals surface area contributed by atoms with Gasteiger partial charge in [-0.15, -0.1) is 0 Å². The first-order valence-corrected chi connectivity index (χ1v) is 8.65. The standard InChI is InChI=1S/C24H16/c1-4-10-18-15(7-1)13-21-19-11-5-6-12-20(19)23-17-9-3-2-8-16(17)14-22(23)24(18)21/h1-12H,13-14H2. The SMILES string of the molecule is c1ccc2c(c1)Cc1c-2c2c(c3ccccc13)-c1ccccc1C2. The highest BCUT2D eigenvalue weighted by Crippen LogP contribution is 2.51. The predicted molar refractivity (Wildman–Crippen MR) is 100 cm³/mol. The minimum absolute atomic E-state index is 1.06. The third-order valence-corrected chi connectivity index (χ3v) is 5.73. The largest absolute Gasteiger partial charge is 0.0619 e. The third-order valence-electron chi connectivity index (χ3n) is 5.73. The van der Waals surface area contributed by atoms with Gasteiger partial charge in [-0.05, 0) is 68.1 Å². The Morgan fingerprint density at radius 3 is 1.75 bits per heavy atom. The van der Waals surface area contributed by atoms with Gasteiger partial charge < -0.3 is 0 Å². The van der Waals surface area contributed by atoms with Crippen LogP contribution in [-0.2, 0) is 12.8 Å². The van der Waals surface area contributed by atoms with Crippen molar-refractivity contribution >= 4 is 10.8 Å². The highest BCUT2D eigenvalue weighted by Gasteiger charge is 2.30. The van der Waals surface area contributed by atoms with Gasteiger partial charge >= 0.3 is 0 Å². The van der Waals surface area contributed by atoms with Crippen LogP contribution in [0, 0.1) is 0 Å². The van der Waals surface area contributed by atoms with Gasteiger partial charge in [0.1, 0.15) is 0 Å². The number of benzene rings is 4. The molecule has 0 saturated heterocycles. The lowest BCUT2D eigenvalue weighted by Gasteiger charge is -2.14. The summed E-state index contributed by atoms with van der Waals surface area (Å²) in [7, 11) is 0. The monoisotopic (exact) mass is 304 g/mol. The molecule has 2 aliphatic carbocycles. The molecule has 112 valence electrons. The summed E-state index contributed by atoms with van der Waals surface area (Å²) in [6.45, 7) is 0. The molecule has 0 fully saturated rings. The van der Waals surface area contributed by atoms with Gasteiger partial charge in [-0.1, -0.05) is 72.8 Å². The molecule has 0 nitrogen and oxygen atoms in total. The van der Waals surface area contributed by atoms with Crippen molar-refractivity contribution in [3.05, 3.63) is 95.1 Å². The summed E-state index contributed by atoms with van der Waals surface area (Å²) >= 11 is 0. The molecule has 0 heterocycles. The van der Waals surface area contributed by atoms with Gasteiger partial charge in [-0.25, -0.2) is 0 Å². The summed E-state index contributed by atoms with van der Waals surface area (Å²) in [6.07, 6.45) is 2.13. The van der Waals surface area contributed by atoms with Crippen LogP contribution in [-0.4, -0.2) is 0 Å². The Balaban J connectivity index is 1.83. The summed E-state index contributed by atoms with van der Waals surface area (Å²) in [5.74, 6) is 0. The Morgan fingerprint density at radius 2 is 1.00 bits per heavy atom. The van der Waals surface area contributed by atoms with Crippen LogP contribution < -0.4 is 0 Å². The molecule has 0 bridgehead atoms. The second kappa shape index (κ2) is 4.36. The van der Waals surface area contributed by atoms with Gasteiger partial charge in [0, 0.05) is 0 Å².